The molecule has 1 aliphatic carbocycles. The molecule has 3 N–H and O–H groups in total. The third-order valence-corrected chi connectivity index (χ3v) is 6.48. The summed E-state index contributed by atoms with van der Waals surface area (Å²) in [6, 6.07) is 20.9. The van der Waals surface area contributed by atoms with Gasteiger partial charge in [0.2, 0.25) is 5.91 Å². The quantitative estimate of drug-likeness (QED) is 0.353. The van der Waals surface area contributed by atoms with Crippen molar-refractivity contribution < 1.29 is 4.79 Å². The standard InChI is InChI=1S/C28H30N4O/c1-18(2)16-26(33)31-21-12-9-19(10-13-21)28-27(29)23-14-11-20(24-8-3-4-15-30-24)17-25(23)32(28)22-6-5-7-22/h3-4,8-15,17-18,22H,5-7,16,29H2,1-2H3,(H,31,33). The van der Waals surface area contributed by atoms with Gasteiger partial charge < -0.3 is 15.6 Å². The van der Waals surface area contributed by atoms with Gasteiger partial charge >= 0.3 is 0 Å². The Morgan fingerprint density at radius 2 is 1.85 bits per heavy atom. The molecule has 5 nitrogen and oxygen atoms in total. The number of nitrogens with one attached hydrogen (secondary N) is 1. The molecule has 2 aromatic heterocycles. The fraction of sp³-hybridized carbons (Fsp3) is 0.286. The van der Waals surface area contributed by atoms with Crippen LogP contribution in [0.3, 0.4) is 0 Å². The lowest BCUT2D eigenvalue weighted by Crippen LogP contribution is -2.18. The lowest BCUT2D eigenvalue weighted by molar-refractivity contribution is -0.116. The van der Waals surface area contributed by atoms with Crippen LogP contribution in [0.4, 0.5) is 11.4 Å². The van der Waals surface area contributed by atoms with E-state index in [0.29, 0.717) is 18.4 Å². The highest BCUT2D eigenvalue weighted by atomic mass is 16.1. The average Bonchev–Trinajstić information content (AvgIpc) is 3.05. The van der Waals surface area contributed by atoms with Crippen LogP contribution < -0.4 is 11.1 Å². The Morgan fingerprint density at radius 1 is 1.09 bits per heavy atom. The first-order valence-corrected chi connectivity index (χ1v) is 11.8. The zero-order valence-corrected chi connectivity index (χ0v) is 19.2. The Morgan fingerprint density at radius 3 is 2.48 bits per heavy atom. The van der Waals surface area contributed by atoms with Crippen molar-refractivity contribution in [3.63, 3.8) is 0 Å². The molecule has 0 spiro atoms. The Bertz CT molecular complexity index is 1290. The third kappa shape index (κ3) is 4.11. The highest BCUT2D eigenvalue weighted by Gasteiger charge is 2.27. The SMILES string of the molecule is CC(C)CC(=O)Nc1ccc(-c2c(N)c3ccc(-c4ccccn4)cc3n2C2CCC2)cc1. The molecule has 2 aromatic carbocycles. The third-order valence-electron chi connectivity index (χ3n) is 6.48. The van der Waals surface area contributed by atoms with E-state index in [-0.39, 0.29) is 5.91 Å². The summed E-state index contributed by atoms with van der Waals surface area (Å²) >= 11 is 0. The minimum Gasteiger partial charge on any atom is -0.396 e. The van der Waals surface area contributed by atoms with Crippen molar-refractivity contribution in [2.75, 3.05) is 11.1 Å². The van der Waals surface area contributed by atoms with Gasteiger partial charge in [0.15, 0.2) is 0 Å². The normalized spacial score (nSPS) is 13.9. The van der Waals surface area contributed by atoms with E-state index in [4.69, 9.17) is 5.73 Å². The first-order valence-electron chi connectivity index (χ1n) is 11.8. The number of carbonyl (C=O) groups is 1. The second-order valence-electron chi connectivity index (χ2n) is 9.39. The van der Waals surface area contributed by atoms with Gasteiger partial charge in [-0.1, -0.05) is 44.2 Å². The summed E-state index contributed by atoms with van der Waals surface area (Å²) in [5, 5.41) is 4.07. The average molecular weight is 439 g/mol. The molecule has 0 saturated heterocycles. The number of nitrogens with zero attached hydrogens (tertiary/aromatic N) is 2. The van der Waals surface area contributed by atoms with Crippen LogP contribution in [0.1, 0.15) is 45.6 Å². The van der Waals surface area contributed by atoms with Crippen LogP contribution in [0.2, 0.25) is 0 Å². The van der Waals surface area contributed by atoms with Gasteiger partial charge in [-0.2, -0.15) is 0 Å². The van der Waals surface area contributed by atoms with Crippen molar-refractivity contribution in [2.45, 2.75) is 45.6 Å². The van der Waals surface area contributed by atoms with Gasteiger partial charge in [0.05, 0.1) is 22.6 Å². The van der Waals surface area contributed by atoms with Gasteiger partial charge in [-0.15, -0.1) is 0 Å². The van der Waals surface area contributed by atoms with Gasteiger partial charge in [0.1, 0.15) is 0 Å². The van der Waals surface area contributed by atoms with Crippen molar-refractivity contribution in [1.29, 1.82) is 0 Å². The maximum Gasteiger partial charge on any atom is 0.224 e. The molecule has 33 heavy (non-hydrogen) atoms. The van der Waals surface area contributed by atoms with Crippen LogP contribution in [0.15, 0.2) is 66.9 Å². The van der Waals surface area contributed by atoms with E-state index >= 15 is 0 Å². The summed E-state index contributed by atoms with van der Waals surface area (Å²) in [5.74, 6) is 0.376. The Kier molecular flexibility index (Phi) is 5.63. The summed E-state index contributed by atoms with van der Waals surface area (Å²) < 4.78 is 2.42. The number of anilines is 2. The summed E-state index contributed by atoms with van der Waals surface area (Å²) in [4.78, 5) is 16.7. The molecule has 0 radical (unpaired) electrons. The zero-order chi connectivity index (χ0) is 22.9. The predicted octanol–water partition coefficient (Wildman–Crippen LogP) is 6.66. The molecule has 2 heterocycles. The second kappa shape index (κ2) is 8.74. The first-order chi connectivity index (χ1) is 16.0. The van der Waals surface area contributed by atoms with Crippen molar-refractivity contribution in [3.8, 4) is 22.5 Å². The number of nitrogen functional groups attached to an aromatic ring is 1. The zero-order valence-electron chi connectivity index (χ0n) is 19.2. The maximum absolute atomic E-state index is 12.1. The number of nitrogens with two attached hydrogens (primary N) is 1. The van der Waals surface area contributed by atoms with Crippen molar-refractivity contribution in [1.82, 2.24) is 9.55 Å². The van der Waals surface area contributed by atoms with Gasteiger partial charge in [-0.3, -0.25) is 9.78 Å². The van der Waals surface area contributed by atoms with Crippen LogP contribution in [0.25, 0.3) is 33.4 Å². The Balaban J connectivity index is 1.56. The molecule has 0 bridgehead atoms. The topological polar surface area (TPSA) is 72.9 Å². The van der Waals surface area contributed by atoms with E-state index in [1.807, 2.05) is 50.4 Å². The summed E-state index contributed by atoms with van der Waals surface area (Å²) in [5.41, 5.74) is 13.7. The van der Waals surface area contributed by atoms with E-state index in [0.717, 1.165) is 57.6 Å². The van der Waals surface area contributed by atoms with E-state index in [1.54, 1.807) is 0 Å². The number of hydrogen-bond acceptors (Lipinski definition) is 3. The van der Waals surface area contributed by atoms with E-state index in [2.05, 4.69) is 45.2 Å². The van der Waals surface area contributed by atoms with Crippen LogP contribution in [-0.4, -0.2) is 15.5 Å². The van der Waals surface area contributed by atoms with Crippen molar-refractivity contribution >= 4 is 28.2 Å². The molecular weight excluding hydrogens is 408 g/mol. The molecule has 5 rings (SSSR count). The lowest BCUT2D eigenvalue weighted by Gasteiger charge is -2.30. The van der Waals surface area contributed by atoms with Crippen LogP contribution in [0, 0.1) is 5.92 Å². The Hall–Kier alpha value is -3.60. The number of pyridine rings is 1. The molecule has 0 unspecified atom stereocenters. The van der Waals surface area contributed by atoms with E-state index < -0.39 is 0 Å². The largest absolute Gasteiger partial charge is 0.396 e. The highest BCUT2D eigenvalue weighted by Crippen LogP contribution is 2.44. The van der Waals surface area contributed by atoms with Crippen LogP contribution in [-0.2, 0) is 4.79 Å². The van der Waals surface area contributed by atoms with Gasteiger partial charge in [0.25, 0.3) is 0 Å². The molecular formula is C28H30N4O. The van der Waals surface area contributed by atoms with Gasteiger partial charge in [-0.25, -0.2) is 0 Å². The molecule has 4 aromatic rings. The fourth-order valence-electron chi connectivity index (χ4n) is 4.64. The van der Waals surface area contributed by atoms with Crippen molar-refractivity contribution in [3.05, 3.63) is 66.9 Å². The predicted molar refractivity (Wildman–Crippen MR) is 136 cm³/mol. The first kappa shape index (κ1) is 21.3. The number of aromatic nitrogens is 2. The molecule has 0 aliphatic heterocycles. The maximum atomic E-state index is 12.1. The minimum absolute atomic E-state index is 0.0443. The molecule has 1 aliphatic rings. The fourth-order valence-corrected chi connectivity index (χ4v) is 4.64. The van der Waals surface area contributed by atoms with Gasteiger partial charge in [0, 0.05) is 40.9 Å². The van der Waals surface area contributed by atoms with E-state index in [1.165, 1.54) is 6.42 Å². The molecule has 168 valence electrons. The number of hydrogen-bond donors (Lipinski definition) is 2. The summed E-state index contributed by atoms with van der Waals surface area (Å²) in [7, 11) is 0. The molecule has 5 heteroatoms. The summed E-state index contributed by atoms with van der Waals surface area (Å²) in [6.07, 6.45) is 5.90. The molecule has 1 fully saturated rings. The molecule has 1 saturated carbocycles. The monoisotopic (exact) mass is 438 g/mol. The smallest absolute Gasteiger partial charge is 0.224 e. The number of rotatable bonds is 6. The lowest BCUT2D eigenvalue weighted by atomic mass is 9.92. The number of fused-ring (bicyclic) bond motifs is 1. The highest BCUT2D eigenvalue weighted by molar-refractivity contribution is 6.02. The van der Waals surface area contributed by atoms with Crippen LogP contribution >= 0.6 is 0 Å². The van der Waals surface area contributed by atoms with Gasteiger partial charge in [-0.05, 0) is 55.5 Å². The summed E-state index contributed by atoms with van der Waals surface area (Å²) in [6.45, 7) is 4.09. The molecule has 1 amide bonds. The number of benzene rings is 2. The second-order valence-corrected chi connectivity index (χ2v) is 9.39. The minimum atomic E-state index is 0.0443. The van der Waals surface area contributed by atoms with Crippen molar-refractivity contribution in [2.24, 2.45) is 5.92 Å². The number of carbonyl (C=O) groups excluding carboxylic acids is 1. The van der Waals surface area contributed by atoms with Crippen LogP contribution in [0.5, 0.6) is 0 Å². The van der Waals surface area contributed by atoms with E-state index in [9.17, 15) is 4.79 Å². The Labute approximate surface area is 194 Å². The number of amides is 1. The molecule has 0 atom stereocenters.